The van der Waals surface area contributed by atoms with Crippen LogP contribution < -0.4 is 10.1 Å². The van der Waals surface area contributed by atoms with Crippen LogP contribution in [0.5, 0.6) is 5.75 Å². The van der Waals surface area contributed by atoms with Gasteiger partial charge in [0.25, 0.3) is 5.91 Å². The van der Waals surface area contributed by atoms with Crippen molar-refractivity contribution in [3.05, 3.63) is 87.5 Å². The predicted octanol–water partition coefficient (Wildman–Crippen LogP) is 6.09. The number of nitrogens with one attached hydrogen (secondary N) is 1. The molecule has 0 aliphatic carbocycles. The van der Waals surface area contributed by atoms with Gasteiger partial charge in [-0.05, 0) is 63.2 Å². The molecular weight excluding hydrogens is 604 g/mol. The number of rotatable bonds is 7. The lowest BCUT2D eigenvalue weighted by Gasteiger charge is -2.33. The van der Waals surface area contributed by atoms with Crippen molar-refractivity contribution in [2.24, 2.45) is 0 Å². The molecule has 1 unspecified atom stereocenters. The molecule has 1 atom stereocenters. The van der Waals surface area contributed by atoms with Crippen LogP contribution in [-0.2, 0) is 11.2 Å². The molecule has 2 aromatic carbocycles. The summed E-state index contributed by atoms with van der Waals surface area (Å²) < 4.78 is 92.1. The first-order chi connectivity index (χ1) is 19.9. The maximum Gasteiger partial charge on any atom is 0.424 e. The fraction of sp³-hybridized carbons (Fsp3) is 0.276. The van der Waals surface area contributed by atoms with Gasteiger partial charge < -0.3 is 20.3 Å². The highest BCUT2D eigenvalue weighted by atomic mass is 35.5. The minimum atomic E-state index is -5.63. The van der Waals surface area contributed by atoms with Crippen LogP contribution >= 0.6 is 11.6 Å². The van der Waals surface area contributed by atoms with Gasteiger partial charge in [-0.2, -0.15) is 17.6 Å². The van der Waals surface area contributed by atoms with E-state index in [0.29, 0.717) is 0 Å². The van der Waals surface area contributed by atoms with Gasteiger partial charge in [-0.25, -0.2) is 18.7 Å². The number of aromatic nitrogens is 2. The van der Waals surface area contributed by atoms with Crippen molar-refractivity contribution in [3.8, 4) is 17.0 Å². The molecule has 4 rings (SSSR count). The number of halogens is 7. The van der Waals surface area contributed by atoms with E-state index in [1.807, 2.05) is 5.32 Å². The Bertz CT molecular complexity index is 1730. The fourth-order valence-electron chi connectivity index (χ4n) is 4.41. The third-order valence-corrected chi connectivity index (χ3v) is 7.04. The molecule has 2 aromatic heterocycles. The second-order valence-electron chi connectivity index (χ2n) is 10.3. The number of amides is 1. The summed E-state index contributed by atoms with van der Waals surface area (Å²) >= 11 is 6.28. The molecule has 0 saturated carbocycles. The van der Waals surface area contributed by atoms with Gasteiger partial charge in [0.1, 0.15) is 22.8 Å². The lowest BCUT2D eigenvalue weighted by molar-refractivity contribution is -0.266. The number of benzene rings is 2. The minimum absolute atomic E-state index is 0.0460. The van der Waals surface area contributed by atoms with Gasteiger partial charge in [0.2, 0.25) is 11.5 Å². The zero-order valence-corrected chi connectivity index (χ0v) is 23.8. The average Bonchev–Trinajstić information content (AvgIpc) is 2.91. The monoisotopic (exact) mass is 627 g/mol. The number of aryl methyl sites for hydroxylation is 1. The highest BCUT2D eigenvalue weighted by molar-refractivity contribution is 6.34. The number of hydrogen-bond acceptors (Lipinski definition) is 6. The third kappa shape index (κ3) is 5.97. The average molecular weight is 628 g/mol. The fourth-order valence-corrected chi connectivity index (χ4v) is 4.87. The van der Waals surface area contributed by atoms with Crippen LogP contribution in [0.3, 0.4) is 0 Å². The smallest absolute Gasteiger partial charge is 0.424 e. The van der Waals surface area contributed by atoms with Crippen molar-refractivity contribution in [2.45, 2.75) is 38.1 Å². The second kappa shape index (κ2) is 11.3. The van der Waals surface area contributed by atoms with E-state index in [0.717, 1.165) is 44.2 Å². The molecule has 1 amide bonds. The van der Waals surface area contributed by atoms with Crippen LogP contribution in [0.1, 0.15) is 41.0 Å². The van der Waals surface area contributed by atoms with E-state index in [1.165, 1.54) is 26.2 Å². The van der Waals surface area contributed by atoms with Gasteiger partial charge in [0, 0.05) is 27.6 Å². The highest BCUT2D eigenvalue weighted by Crippen LogP contribution is 2.45. The first-order valence-electron chi connectivity index (χ1n) is 12.5. The summed E-state index contributed by atoms with van der Waals surface area (Å²) in [6.45, 7) is 1.90. The largest absolute Gasteiger partial charge is 0.494 e. The molecule has 0 saturated heterocycles. The van der Waals surface area contributed by atoms with Gasteiger partial charge in [0.05, 0.1) is 30.0 Å². The van der Waals surface area contributed by atoms with Crippen molar-refractivity contribution in [1.82, 2.24) is 15.3 Å². The molecular formula is C29H24ClF6N3O4. The Morgan fingerprint density at radius 1 is 1.02 bits per heavy atom. The quantitative estimate of drug-likeness (QED) is 0.169. The number of alkyl halides is 3. The lowest BCUT2D eigenvalue weighted by Crippen LogP contribution is -2.52. The lowest BCUT2D eigenvalue weighted by atomic mass is 9.89. The zero-order valence-electron chi connectivity index (χ0n) is 23.0. The van der Waals surface area contributed by atoms with Gasteiger partial charge in [-0.3, -0.25) is 4.79 Å². The summed E-state index contributed by atoms with van der Waals surface area (Å²) in [7, 11) is 1.21. The summed E-state index contributed by atoms with van der Waals surface area (Å²) in [6, 6.07) is 7.82. The molecule has 43 heavy (non-hydrogen) atoms. The number of ether oxygens (including phenoxy) is 1. The Kier molecular flexibility index (Phi) is 8.39. The standard InChI is InChI=1S/C29H24ClF6N3O4/c1-13-9-15-10-16(11-18(43-4)22(15)39-25(13)33)26(40)37-12-28(42,29(34,35)36)24-21(32)19(27(2,3)41)20(30)23(38-24)14-5-7-17(31)8-6-14/h5-11,41-42H,12H2,1-4H3,(H,37,40). The Labute approximate surface area is 246 Å². The first kappa shape index (κ1) is 32.0. The summed E-state index contributed by atoms with van der Waals surface area (Å²) in [5.74, 6) is -4.45. The number of aliphatic hydroxyl groups is 2. The van der Waals surface area contributed by atoms with E-state index in [2.05, 4.69) is 9.97 Å². The van der Waals surface area contributed by atoms with Gasteiger partial charge in [0.15, 0.2) is 5.82 Å². The number of methoxy groups -OCH3 is 1. The minimum Gasteiger partial charge on any atom is -0.494 e. The number of carbonyl (C=O) groups is 1. The third-order valence-electron chi connectivity index (χ3n) is 6.67. The molecule has 0 bridgehead atoms. The first-order valence-corrected chi connectivity index (χ1v) is 12.9. The molecule has 7 nitrogen and oxygen atoms in total. The van der Waals surface area contributed by atoms with E-state index < -0.39 is 69.4 Å². The Hall–Kier alpha value is -3.94. The van der Waals surface area contributed by atoms with Gasteiger partial charge >= 0.3 is 6.18 Å². The van der Waals surface area contributed by atoms with Crippen molar-refractivity contribution in [2.75, 3.05) is 13.7 Å². The van der Waals surface area contributed by atoms with Crippen LogP contribution in [0, 0.1) is 24.5 Å². The van der Waals surface area contributed by atoms with E-state index in [1.54, 1.807) is 0 Å². The van der Waals surface area contributed by atoms with Crippen LogP contribution in [0.2, 0.25) is 5.02 Å². The Balaban J connectivity index is 1.83. The van der Waals surface area contributed by atoms with Gasteiger partial charge in [-0.15, -0.1) is 0 Å². The molecule has 0 aliphatic rings. The van der Waals surface area contributed by atoms with Crippen LogP contribution in [0.15, 0.2) is 42.5 Å². The van der Waals surface area contributed by atoms with Crippen LogP contribution in [0.25, 0.3) is 22.2 Å². The van der Waals surface area contributed by atoms with E-state index >= 15 is 4.39 Å². The Morgan fingerprint density at radius 3 is 2.21 bits per heavy atom. The Morgan fingerprint density at radius 2 is 1.65 bits per heavy atom. The molecule has 2 heterocycles. The maximum absolute atomic E-state index is 15.8. The molecule has 0 aliphatic heterocycles. The molecule has 3 N–H and O–H groups in total. The maximum atomic E-state index is 15.8. The molecule has 4 aromatic rings. The van der Waals surface area contributed by atoms with Crippen LogP contribution in [-0.4, -0.2) is 45.9 Å². The predicted molar refractivity (Wildman–Crippen MR) is 145 cm³/mol. The SMILES string of the molecule is COc1cc(C(=O)NCC(O)(c2nc(-c3ccc(F)cc3)c(Cl)c(C(C)(C)O)c2F)C(F)(F)F)cc2cc(C)c(F)nc12. The number of fused-ring (bicyclic) bond motifs is 1. The van der Waals surface area contributed by atoms with Gasteiger partial charge in [-0.1, -0.05) is 11.6 Å². The van der Waals surface area contributed by atoms with E-state index in [4.69, 9.17) is 16.3 Å². The summed E-state index contributed by atoms with van der Waals surface area (Å²) in [5.41, 5.74) is -9.32. The molecule has 14 heteroatoms. The molecule has 0 radical (unpaired) electrons. The highest BCUT2D eigenvalue weighted by Gasteiger charge is 2.58. The molecule has 0 fully saturated rings. The number of carbonyl (C=O) groups excluding carboxylic acids is 1. The topological polar surface area (TPSA) is 105 Å². The second-order valence-corrected chi connectivity index (χ2v) is 10.6. The zero-order chi connectivity index (χ0) is 32.1. The van der Waals surface area contributed by atoms with Crippen molar-refractivity contribution < 1.29 is 46.1 Å². The normalized spacial score (nSPS) is 13.6. The summed E-state index contributed by atoms with van der Waals surface area (Å²) in [4.78, 5) is 20.5. The van der Waals surface area contributed by atoms with E-state index in [9.17, 15) is 37.0 Å². The number of pyridine rings is 2. The summed E-state index contributed by atoms with van der Waals surface area (Å²) in [5, 5.41) is 23.2. The van der Waals surface area contributed by atoms with Crippen molar-refractivity contribution in [1.29, 1.82) is 0 Å². The summed E-state index contributed by atoms with van der Waals surface area (Å²) in [6.07, 6.45) is -5.63. The van der Waals surface area contributed by atoms with Crippen LogP contribution in [0.4, 0.5) is 26.3 Å². The molecule has 228 valence electrons. The number of hydrogen-bond donors (Lipinski definition) is 3. The number of nitrogens with zero attached hydrogens (tertiary/aromatic N) is 2. The van der Waals surface area contributed by atoms with Crippen molar-refractivity contribution in [3.63, 3.8) is 0 Å². The molecule has 0 spiro atoms. The van der Waals surface area contributed by atoms with Crippen molar-refractivity contribution >= 4 is 28.4 Å². The van der Waals surface area contributed by atoms with E-state index in [-0.39, 0.29) is 33.3 Å².